The van der Waals surface area contributed by atoms with Crippen molar-refractivity contribution in [3.05, 3.63) is 46.9 Å². The Balaban J connectivity index is 2.11. The van der Waals surface area contributed by atoms with Crippen molar-refractivity contribution in [2.75, 3.05) is 5.32 Å². The number of halogens is 1. The smallest absolute Gasteiger partial charge is 0.254 e. The van der Waals surface area contributed by atoms with Crippen LogP contribution >= 0.6 is 11.6 Å². The Hall–Kier alpha value is -2.14. The monoisotopic (exact) mass is 273 g/mol. The summed E-state index contributed by atoms with van der Waals surface area (Å²) in [6, 6.07) is 7.51. The van der Waals surface area contributed by atoms with Crippen molar-refractivity contribution in [3.63, 3.8) is 0 Å². The summed E-state index contributed by atoms with van der Waals surface area (Å²) in [5.41, 5.74) is 2.90. The van der Waals surface area contributed by atoms with Gasteiger partial charge in [-0.1, -0.05) is 11.6 Å². The first-order valence-corrected chi connectivity index (χ1v) is 6.22. The summed E-state index contributed by atoms with van der Waals surface area (Å²) in [7, 11) is 0. The maximum Gasteiger partial charge on any atom is 0.254 e. The molecule has 1 N–H and O–H groups in total. The maximum absolute atomic E-state index is 5.88. The molecule has 0 saturated carbocycles. The van der Waals surface area contributed by atoms with E-state index >= 15 is 0 Å². The molecule has 0 aliphatic carbocycles. The van der Waals surface area contributed by atoms with Crippen LogP contribution in [0.25, 0.3) is 5.78 Å². The Morgan fingerprint density at radius 2 is 1.89 bits per heavy atom. The number of hydrogen-bond donors (Lipinski definition) is 1. The molecule has 96 valence electrons. The van der Waals surface area contributed by atoms with Gasteiger partial charge in [0.1, 0.15) is 12.1 Å². The molecule has 2 heterocycles. The molecular weight excluding hydrogens is 262 g/mol. The van der Waals surface area contributed by atoms with Gasteiger partial charge in [0.05, 0.1) is 0 Å². The van der Waals surface area contributed by atoms with E-state index in [1.165, 1.54) is 6.33 Å². The zero-order valence-corrected chi connectivity index (χ0v) is 11.3. The van der Waals surface area contributed by atoms with Gasteiger partial charge in [-0.2, -0.15) is 14.6 Å². The normalized spacial score (nSPS) is 10.9. The van der Waals surface area contributed by atoms with E-state index in [1.807, 2.05) is 38.1 Å². The molecule has 2 aromatic heterocycles. The first-order valence-electron chi connectivity index (χ1n) is 5.84. The second kappa shape index (κ2) is 4.51. The molecular formula is C13H12ClN5. The van der Waals surface area contributed by atoms with Gasteiger partial charge in [-0.25, -0.2) is 4.98 Å². The molecule has 0 unspecified atom stereocenters. The van der Waals surface area contributed by atoms with E-state index in [0.717, 1.165) is 22.8 Å². The Kier molecular flexibility index (Phi) is 2.83. The lowest BCUT2D eigenvalue weighted by Gasteiger charge is -2.12. The molecule has 0 atom stereocenters. The predicted octanol–water partition coefficient (Wildman–Crippen LogP) is 3.14. The van der Waals surface area contributed by atoms with Gasteiger partial charge < -0.3 is 5.32 Å². The molecule has 6 heteroatoms. The third kappa shape index (κ3) is 2.13. The third-order valence-corrected chi connectivity index (χ3v) is 3.27. The standard InChI is InChI=1S/C13H12ClN5/c1-8-9(2)17-13-15-7-16-19(13)12(8)18-11-5-3-10(14)4-6-11/h3-7,18H,1-2H3. The van der Waals surface area contributed by atoms with Crippen LogP contribution in [-0.2, 0) is 0 Å². The molecule has 5 nitrogen and oxygen atoms in total. The molecule has 19 heavy (non-hydrogen) atoms. The highest BCUT2D eigenvalue weighted by atomic mass is 35.5. The van der Waals surface area contributed by atoms with Gasteiger partial charge in [-0.05, 0) is 38.1 Å². The van der Waals surface area contributed by atoms with Crippen molar-refractivity contribution in [3.8, 4) is 0 Å². The third-order valence-electron chi connectivity index (χ3n) is 3.01. The molecule has 0 radical (unpaired) electrons. The van der Waals surface area contributed by atoms with Crippen LogP contribution in [0, 0.1) is 13.8 Å². The van der Waals surface area contributed by atoms with Gasteiger partial charge in [0.15, 0.2) is 0 Å². The topological polar surface area (TPSA) is 55.1 Å². The van der Waals surface area contributed by atoms with Gasteiger partial charge in [0, 0.05) is 22.0 Å². The number of nitrogens with one attached hydrogen (secondary N) is 1. The minimum absolute atomic E-state index is 0.583. The summed E-state index contributed by atoms with van der Waals surface area (Å²) < 4.78 is 1.69. The number of aromatic nitrogens is 4. The Bertz CT molecular complexity index is 733. The molecule has 0 spiro atoms. The maximum atomic E-state index is 5.88. The summed E-state index contributed by atoms with van der Waals surface area (Å²) in [6.45, 7) is 3.96. The van der Waals surface area contributed by atoms with Crippen molar-refractivity contribution in [1.29, 1.82) is 0 Å². The van der Waals surface area contributed by atoms with Gasteiger partial charge >= 0.3 is 0 Å². The fourth-order valence-electron chi connectivity index (χ4n) is 1.85. The molecule has 3 rings (SSSR count). The number of nitrogens with zero attached hydrogens (tertiary/aromatic N) is 4. The van der Waals surface area contributed by atoms with E-state index in [0.29, 0.717) is 10.8 Å². The minimum Gasteiger partial charge on any atom is -0.340 e. The molecule has 0 bridgehead atoms. The van der Waals surface area contributed by atoms with Gasteiger partial charge in [-0.3, -0.25) is 0 Å². The Morgan fingerprint density at radius 1 is 1.16 bits per heavy atom. The van der Waals surface area contributed by atoms with Gasteiger partial charge in [0.25, 0.3) is 5.78 Å². The lowest BCUT2D eigenvalue weighted by atomic mass is 10.2. The molecule has 0 aliphatic heterocycles. The largest absolute Gasteiger partial charge is 0.340 e. The van der Waals surface area contributed by atoms with E-state index in [-0.39, 0.29) is 0 Å². The predicted molar refractivity (Wildman–Crippen MR) is 75.0 cm³/mol. The van der Waals surface area contributed by atoms with Crippen LogP contribution in [0.5, 0.6) is 0 Å². The van der Waals surface area contributed by atoms with E-state index in [2.05, 4.69) is 20.4 Å². The van der Waals surface area contributed by atoms with Crippen molar-refractivity contribution >= 4 is 28.9 Å². The number of aryl methyl sites for hydroxylation is 1. The number of fused-ring (bicyclic) bond motifs is 1. The van der Waals surface area contributed by atoms with Crippen molar-refractivity contribution in [2.45, 2.75) is 13.8 Å². The van der Waals surface area contributed by atoms with Crippen LogP contribution in [0.2, 0.25) is 5.02 Å². The first-order chi connectivity index (χ1) is 9.15. The van der Waals surface area contributed by atoms with E-state index in [1.54, 1.807) is 4.52 Å². The fraction of sp³-hybridized carbons (Fsp3) is 0.154. The zero-order valence-electron chi connectivity index (χ0n) is 10.6. The fourth-order valence-corrected chi connectivity index (χ4v) is 1.98. The first kappa shape index (κ1) is 11.9. The molecule has 1 aromatic carbocycles. The number of benzene rings is 1. The number of hydrogen-bond acceptors (Lipinski definition) is 4. The average Bonchev–Trinajstić information content (AvgIpc) is 2.85. The van der Waals surface area contributed by atoms with E-state index < -0.39 is 0 Å². The van der Waals surface area contributed by atoms with Crippen LogP contribution in [0.15, 0.2) is 30.6 Å². The number of rotatable bonds is 2. The summed E-state index contributed by atoms with van der Waals surface area (Å²) in [5.74, 6) is 1.45. The highest BCUT2D eigenvalue weighted by molar-refractivity contribution is 6.30. The summed E-state index contributed by atoms with van der Waals surface area (Å²) in [4.78, 5) is 8.50. The molecule has 0 amide bonds. The highest BCUT2D eigenvalue weighted by Crippen LogP contribution is 2.23. The summed E-state index contributed by atoms with van der Waals surface area (Å²) in [6.07, 6.45) is 1.49. The summed E-state index contributed by atoms with van der Waals surface area (Å²) in [5, 5.41) is 8.23. The SMILES string of the molecule is Cc1nc2ncnn2c(Nc2ccc(Cl)cc2)c1C. The van der Waals surface area contributed by atoms with Crippen LogP contribution < -0.4 is 5.32 Å². The molecule has 0 aliphatic rings. The Labute approximate surface area is 115 Å². The van der Waals surface area contributed by atoms with Gasteiger partial charge in [-0.15, -0.1) is 0 Å². The van der Waals surface area contributed by atoms with Crippen molar-refractivity contribution in [1.82, 2.24) is 19.6 Å². The van der Waals surface area contributed by atoms with Crippen molar-refractivity contribution in [2.24, 2.45) is 0 Å². The van der Waals surface area contributed by atoms with E-state index in [9.17, 15) is 0 Å². The van der Waals surface area contributed by atoms with Crippen LogP contribution in [-0.4, -0.2) is 19.6 Å². The van der Waals surface area contributed by atoms with Crippen LogP contribution in [0.4, 0.5) is 11.5 Å². The molecule has 0 saturated heterocycles. The van der Waals surface area contributed by atoms with Crippen LogP contribution in [0.3, 0.4) is 0 Å². The number of anilines is 2. The summed E-state index contributed by atoms with van der Waals surface area (Å²) >= 11 is 5.88. The second-order valence-corrected chi connectivity index (χ2v) is 4.71. The van der Waals surface area contributed by atoms with E-state index in [4.69, 9.17) is 11.6 Å². The van der Waals surface area contributed by atoms with Crippen LogP contribution in [0.1, 0.15) is 11.3 Å². The zero-order chi connectivity index (χ0) is 13.4. The highest BCUT2D eigenvalue weighted by Gasteiger charge is 2.10. The lowest BCUT2D eigenvalue weighted by molar-refractivity contribution is 0.923. The minimum atomic E-state index is 0.583. The molecule has 3 aromatic rings. The lowest BCUT2D eigenvalue weighted by Crippen LogP contribution is -2.06. The van der Waals surface area contributed by atoms with Gasteiger partial charge in [0.2, 0.25) is 0 Å². The second-order valence-electron chi connectivity index (χ2n) is 4.27. The van der Waals surface area contributed by atoms with Crippen molar-refractivity contribution < 1.29 is 0 Å². The average molecular weight is 274 g/mol. The Morgan fingerprint density at radius 3 is 2.63 bits per heavy atom. The quantitative estimate of drug-likeness (QED) is 0.779. The molecule has 0 fully saturated rings.